The number of halogens is 2. The Balaban J connectivity index is 1.18. The first-order valence-corrected chi connectivity index (χ1v) is 13.9. The number of fused-ring (bicyclic) bond motifs is 2. The van der Waals surface area contributed by atoms with Gasteiger partial charge in [-0.1, -0.05) is 35.3 Å². The van der Waals surface area contributed by atoms with E-state index in [1.165, 1.54) is 12.0 Å². The van der Waals surface area contributed by atoms with Crippen LogP contribution in [0.1, 0.15) is 43.2 Å². The van der Waals surface area contributed by atoms with Crippen LogP contribution in [0.15, 0.2) is 36.4 Å². The molecule has 0 bridgehead atoms. The molecule has 0 radical (unpaired) electrons. The van der Waals surface area contributed by atoms with Gasteiger partial charge in [-0.2, -0.15) is 5.26 Å². The van der Waals surface area contributed by atoms with Crippen LogP contribution in [-0.2, 0) is 5.41 Å². The van der Waals surface area contributed by atoms with E-state index in [0.29, 0.717) is 35.5 Å². The summed E-state index contributed by atoms with van der Waals surface area (Å²) in [5.74, 6) is 1.82. The van der Waals surface area contributed by atoms with Gasteiger partial charge >= 0.3 is 6.03 Å². The van der Waals surface area contributed by atoms with Crippen LogP contribution in [-0.4, -0.2) is 64.2 Å². The highest BCUT2D eigenvalue weighted by Gasteiger charge is 2.58. The first-order valence-electron chi connectivity index (χ1n) is 13.2. The highest BCUT2D eigenvalue weighted by Crippen LogP contribution is 2.63. The molecule has 2 heterocycles. The Labute approximate surface area is 227 Å². The number of nitriles is 1. The van der Waals surface area contributed by atoms with Crippen LogP contribution >= 0.6 is 23.2 Å². The summed E-state index contributed by atoms with van der Waals surface area (Å²) in [6.07, 6.45) is 5.17. The van der Waals surface area contributed by atoms with Crippen molar-refractivity contribution in [1.82, 2.24) is 14.8 Å². The highest BCUT2D eigenvalue weighted by atomic mass is 35.5. The molecular formula is C28H31Cl2N5O2. The molecule has 2 N–H and O–H groups in total. The fourth-order valence-electron chi connectivity index (χ4n) is 7.13. The quantitative estimate of drug-likeness (QED) is 0.487. The van der Waals surface area contributed by atoms with Gasteiger partial charge < -0.3 is 15.3 Å². The molecule has 1 aromatic heterocycles. The van der Waals surface area contributed by atoms with E-state index in [2.05, 4.69) is 27.3 Å². The number of aliphatic hydroxyl groups is 1. The minimum atomic E-state index is -0.159. The molecule has 1 aromatic carbocycles. The van der Waals surface area contributed by atoms with E-state index in [1.54, 1.807) is 12.1 Å². The normalized spacial score (nSPS) is 31.7. The van der Waals surface area contributed by atoms with Gasteiger partial charge in [0.05, 0.1) is 18.2 Å². The second kappa shape index (κ2) is 9.74. The molecule has 0 spiro atoms. The second-order valence-electron chi connectivity index (χ2n) is 11.2. The molecule has 2 aromatic rings. The number of amides is 2. The fourth-order valence-corrected chi connectivity index (χ4v) is 7.59. The van der Waals surface area contributed by atoms with Gasteiger partial charge in [-0.3, -0.25) is 4.90 Å². The number of benzene rings is 1. The van der Waals surface area contributed by atoms with Gasteiger partial charge in [-0.15, -0.1) is 0 Å². The number of rotatable bonds is 7. The third-order valence-electron chi connectivity index (χ3n) is 9.22. The van der Waals surface area contributed by atoms with Crippen LogP contribution in [0.5, 0.6) is 0 Å². The van der Waals surface area contributed by atoms with E-state index in [9.17, 15) is 15.2 Å². The number of urea groups is 1. The molecule has 2 amide bonds. The van der Waals surface area contributed by atoms with E-state index in [0.717, 1.165) is 38.8 Å². The summed E-state index contributed by atoms with van der Waals surface area (Å²) >= 11 is 12.1. The van der Waals surface area contributed by atoms with Crippen LogP contribution in [0.25, 0.3) is 0 Å². The summed E-state index contributed by atoms with van der Waals surface area (Å²) in [6.45, 7) is 2.53. The molecule has 6 atom stereocenters. The molecule has 7 nitrogen and oxygen atoms in total. The maximum Gasteiger partial charge on any atom is 0.322 e. The van der Waals surface area contributed by atoms with Crippen molar-refractivity contribution in [2.24, 2.45) is 17.8 Å². The Bertz CT molecular complexity index is 1230. The third kappa shape index (κ3) is 4.81. The van der Waals surface area contributed by atoms with Crippen LogP contribution < -0.4 is 5.32 Å². The smallest absolute Gasteiger partial charge is 0.322 e. The number of aromatic nitrogens is 1. The van der Waals surface area contributed by atoms with E-state index in [4.69, 9.17) is 23.2 Å². The zero-order valence-electron chi connectivity index (χ0n) is 20.6. The Morgan fingerprint density at radius 3 is 2.81 bits per heavy atom. The summed E-state index contributed by atoms with van der Waals surface area (Å²) in [5, 5.41) is 22.7. The number of aliphatic hydroxyl groups excluding tert-OH is 1. The largest absolute Gasteiger partial charge is 0.395 e. The van der Waals surface area contributed by atoms with Gasteiger partial charge in [0.1, 0.15) is 10.3 Å². The summed E-state index contributed by atoms with van der Waals surface area (Å²) in [7, 11) is 0. The van der Waals surface area contributed by atoms with Gasteiger partial charge in [0.2, 0.25) is 0 Å². The number of likely N-dealkylation sites (tertiary alicyclic amines) is 1. The number of piperidine rings is 1. The Kier molecular flexibility index (Phi) is 6.57. The third-order valence-corrected chi connectivity index (χ3v) is 9.61. The molecule has 4 aliphatic rings. The Hall–Kier alpha value is -2.37. The standard InChI is InChI=1S/C28H31Cl2N5O2/c29-25-11-21(12-26(30)33-25)32-27(37)35(7-6-34-15-18-9-23(18)24(34)16-36)22-4-5-28(13-20(28)10-22)19-3-1-2-17(8-19)14-31/h1-3,8,11-12,18,20,22-24,36H,4-7,9-10,13,15-16H2,(H,32,33,37)/t18-,20?,22-,23+,24-,28+/m1/s1. The fraction of sp³-hybridized carbons (Fsp3) is 0.536. The van der Waals surface area contributed by atoms with Gasteiger partial charge in [0.15, 0.2) is 0 Å². The van der Waals surface area contributed by atoms with Crippen LogP contribution in [0.4, 0.5) is 10.5 Å². The maximum absolute atomic E-state index is 13.6. The van der Waals surface area contributed by atoms with Crippen molar-refractivity contribution in [2.45, 2.75) is 49.6 Å². The number of hydrogen-bond acceptors (Lipinski definition) is 5. The first-order chi connectivity index (χ1) is 17.9. The summed E-state index contributed by atoms with van der Waals surface area (Å²) in [5.41, 5.74) is 2.63. The lowest BCUT2D eigenvalue weighted by Gasteiger charge is -2.38. The molecule has 4 fully saturated rings. The van der Waals surface area contributed by atoms with Crippen LogP contribution in [0, 0.1) is 29.1 Å². The topological polar surface area (TPSA) is 92.5 Å². The lowest BCUT2D eigenvalue weighted by Crippen LogP contribution is -2.49. The lowest BCUT2D eigenvalue weighted by molar-refractivity contribution is 0.110. The number of pyridine rings is 1. The predicted octanol–water partition coefficient (Wildman–Crippen LogP) is 4.92. The molecule has 1 unspecified atom stereocenters. The minimum Gasteiger partial charge on any atom is -0.395 e. The zero-order valence-corrected chi connectivity index (χ0v) is 22.1. The minimum absolute atomic E-state index is 0.122. The van der Waals surface area contributed by atoms with Crippen molar-refractivity contribution >= 4 is 34.9 Å². The average molecular weight is 540 g/mol. The molecule has 9 heteroatoms. The number of nitrogens with one attached hydrogen (secondary N) is 1. The van der Waals surface area contributed by atoms with E-state index >= 15 is 0 Å². The molecule has 6 rings (SSSR count). The van der Waals surface area contributed by atoms with Crippen LogP contribution in [0.3, 0.4) is 0 Å². The number of carbonyl (C=O) groups excluding carboxylic acids is 1. The van der Waals surface area contributed by atoms with Crippen molar-refractivity contribution in [3.05, 3.63) is 57.8 Å². The van der Waals surface area contributed by atoms with Crippen molar-refractivity contribution in [3.8, 4) is 6.07 Å². The number of anilines is 1. The predicted molar refractivity (Wildman–Crippen MR) is 143 cm³/mol. The van der Waals surface area contributed by atoms with Gasteiger partial charge in [0, 0.05) is 37.4 Å². The molecule has 194 valence electrons. The van der Waals surface area contributed by atoms with Gasteiger partial charge in [-0.05, 0) is 85.1 Å². The van der Waals surface area contributed by atoms with E-state index < -0.39 is 0 Å². The van der Waals surface area contributed by atoms with E-state index in [-0.39, 0.29) is 40.4 Å². The highest BCUT2D eigenvalue weighted by molar-refractivity contribution is 6.33. The summed E-state index contributed by atoms with van der Waals surface area (Å²) < 4.78 is 0. The molecule has 3 saturated carbocycles. The first kappa shape index (κ1) is 24.9. The summed E-state index contributed by atoms with van der Waals surface area (Å²) in [6, 6.07) is 13.7. The average Bonchev–Trinajstić information content (AvgIpc) is 3.78. The lowest BCUT2D eigenvalue weighted by atomic mass is 9.80. The van der Waals surface area contributed by atoms with Crippen molar-refractivity contribution in [2.75, 3.05) is 31.6 Å². The Morgan fingerprint density at radius 1 is 1.27 bits per heavy atom. The monoisotopic (exact) mass is 539 g/mol. The summed E-state index contributed by atoms with van der Waals surface area (Å²) in [4.78, 5) is 21.9. The molecule has 1 aliphatic heterocycles. The number of carbonyl (C=O) groups is 1. The van der Waals surface area contributed by atoms with Crippen molar-refractivity contribution < 1.29 is 9.90 Å². The van der Waals surface area contributed by atoms with Crippen LogP contribution in [0.2, 0.25) is 10.3 Å². The molecule has 37 heavy (non-hydrogen) atoms. The molecule has 3 aliphatic carbocycles. The molecular weight excluding hydrogens is 509 g/mol. The molecule has 1 saturated heterocycles. The SMILES string of the molecule is N#Cc1cccc([C@@]23CC[C@@H](N(CCN4C[C@H]5C[C@@H]5[C@H]4CO)C(=O)Nc4cc(Cl)nc(Cl)c4)CC2C3)c1. The number of nitrogens with zero attached hydrogens (tertiary/aromatic N) is 4. The van der Waals surface area contributed by atoms with Crippen molar-refractivity contribution in [3.63, 3.8) is 0 Å². The Morgan fingerprint density at radius 2 is 2.08 bits per heavy atom. The second-order valence-corrected chi connectivity index (χ2v) is 12.0. The number of hydrogen-bond donors (Lipinski definition) is 2. The zero-order chi connectivity index (χ0) is 25.7. The van der Waals surface area contributed by atoms with Crippen molar-refractivity contribution in [1.29, 1.82) is 5.26 Å². The van der Waals surface area contributed by atoms with E-state index in [1.807, 2.05) is 23.1 Å². The maximum atomic E-state index is 13.6. The van der Waals surface area contributed by atoms with Gasteiger partial charge in [0.25, 0.3) is 0 Å². The van der Waals surface area contributed by atoms with Gasteiger partial charge in [-0.25, -0.2) is 9.78 Å².